The summed E-state index contributed by atoms with van der Waals surface area (Å²) < 4.78 is 27.1. The molecule has 0 radical (unpaired) electrons. The van der Waals surface area contributed by atoms with Crippen molar-refractivity contribution in [2.24, 2.45) is 16.4 Å². The molecule has 0 spiro atoms. The number of likely N-dealkylation sites (tertiary alicyclic amines) is 1. The van der Waals surface area contributed by atoms with Crippen molar-refractivity contribution in [1.29, 1.82) is 0 Å². The van der Waals surface area contributed by atoms with Crippen LogP contribution < -0.4 is 10.7 Å². The minimum atomic E-state index is -1.30. The lowest BCUT2D eigenvalue weighted by molar-refractivity contribution is -0.110. The predicted molar refractivity (Wildman–Crippen MR) is 134 cm³/mol. The minimum Gasteiger partial charge on any atom is -0.444 e. The number of anilines is 1. The van der Waals surface area contributed by atoms with E-state index in [0.29, 0.717) is 24.4 Å². The summed E-state index contributed by atoms with van der Waals surface area (Å²) in [7, 11) is 1.72. The fraction of sp³-hybridized carbons (Fsp3) is 0.760. The molecule has 4 rings (SSSR count). The average molecular weight is 507 g/mol. The van der Waals surface area contributed by atoms with Crippen molar-refractivity contribution < 1.29 is 23.5 Å². The van der Waals surface area contributed by atoms with Gasteiger partial charge in [0.25, 0.3) is 5.91 Å². The van der Waals surface area contributed by atoms with Gasteiger partial charge in [-0.25, -0.2) is 9.18 Å². The molecule has 2 unspecified atom stereocenters. The maximum atomic E-state index is 15.0. The first-order valence-corrected chi connectivity index (χ1v) is 12.8. The van der Waals surface area contributed by atoms with E-state index in [0.717, 1.165) is 32.3 Å². The number of fused-ring (bicyclic) bond motifs is 1. The maximum absolute atomic E-state index is 15.0. The molecule has 5 atom stereocenters. The number of rotatable bonds is 6. The van der Waals surface area contributed by atoms with E-state index >= 15 is 0 Å². The Morgan fingerprint density at radius 2 is 2.11 bits per heavy atom. The number of aromatic nitrogens is 2. The predicted octanol–water partition coefficient (Wildman–Crippen LogP) is 3.51. The van der Waals surface area contributed by atoms with Gasteiger partial charge >= 0.3 is 6.09 Å². The van der Waals surface area contributed by atoms with Gasteiger partial charge in [0.2, 0.25) is 0 Å². The normalized spacial score (nSPS) is 30.3. The van der Waals surface area contributed by atoms with E-state index in [9.17, 15) is 14.0 Å². The molecule has 1 saturated heterocycles. The summed E-state index contributed by atoms with van der Waals surface area (Å²) in [5.74, 6) is -0.186. The maximum Gasteiger partial charge on any atom is 0.410 e. The molecule has 0 bridgehead atoms. The topological polar surface area (TPSA) is 110 Å². The van der Waals surface area contributed by atoms with Crippen LogP contribution in [-0.2, 0) is 14.3 Å². The van der Waals surface area contributed by atoms with Crippen LogP contribution in [0.4, 0.5) is 14.9 Å². The van der Waals surface area contributed by atoms with Crippen LogP contribution in [0.25, 0.3) is 0 Å². The largest absolute Gasteiger partial charge is 0.444 e. The van der Waals surface area contributed by atoms with Crippen molar-refractivity contribution in [3.05, 3.63) is 12.4 Å². The zero-order valence-electron chi connectivity index (χ0n) is 21.9. The summed E-state index contributed by atoms with van der Waals surface area (Å²) in [6, 6.07) is -0.376. The van der Waals surface area contributed by atoms with Crippen LogP contribution in [0, 0.1) is 11.3 Å². The van der Waals surface area contributed by atoms with Crippen molar-refractivity contribution in [2.75, 3.05) is 32.1 Å². The number of ether oxygens (including phenoxy) is 2. The summed E-state index contributed by atoms with van der Waals surface area (Å²) in [6.45, 7) is 8.66. The Morgan fingerprint density at radius 3 is 2.81 bits per heavy atom. The molecule has 2 aliphatic heterocycles. The van der Waals surface area contributed by atoms with E-state index in [-0.39, 0.29) is 29.8 Å². The van der Waals surface area contributed by atoms with Crippen LogP contribution in [0.1, 0.15) is 65.8 Å². The first-order valence-electron chi connectivity index (χ1n) is 12.8. The number of hydrazone groups is 1. The Kier molecular flexibility index (Phi) is 7.59. The van der Waals surface area contributed by atoms with Crippen LogP contribution in [0.3, 0.4) is 0 Å². The molecule has 2 amide bonds. The molecule has 200 valence electrons. The fourth-order valence-electron chi connectivity index (χ4n) is 5.44. The number of amides is 2. The smallest absolute Gasteiger partial charge is 0.410 e. The number of hydrogen-bond acceptors (Lipinski definition) is 7. The minimum absolute atomic E-state index is 0.0595. The zero-order valence-corrected chi connectivity index (χ0v) is 21.9. The van der Waals surface area contributed by atoms with E-state index in [1.54, 1.807) is 34.1 Å². The van der Waals surface area contributed by atoms with Gasteiger partial charge in [0.15, 0.2) is 0 Å². The van der Waals surface area contributed by atoms with E-state index in [1.807, 2.05) is 0 Å². The van der Waals surface area contributed by atoms with Gasteiger partial charge in [-0.05, 0) is 58.3 Å². The SMILES string of the molecule is COCC[C@@]1(C)CCC2C(C(=O)Nc3cnn([C@H]4CCN(C(=O)OC(C)(C)C)C[C@@H]4F)c3)=NNC2C1. The Bertz CT molecular complexity index is 991. The third-order valence-electron chi connectivity index (χ3n) is 7.46. The molecule has 10 nitrogen and oxygen atoms in total. The summed E-state index contributed by atoms with van der Waals surface area (Å²) >= 11 is 0. The first-order chi connectivity index (χ1) is 17.0. The van der Waals surface area contributed by atoms with Crippen molar-refractivity contribution in [2.45, 2.75) is 83.7 Å². The number of nitrogens with zero attached hydrogens (tertiary/aromatic N) is 4. The summed E-state index contributed by atoms with van der Waals surface area (Å²) in [5.41, 5.74) is 3.72. The van der Waals surface area contributed by atoms with E-state index in [4.69, 9.17) is 9.47 Å². The fourth-order valence-corrected chi connectivity index (χ4v) is 5.44. The molecule has 11 heteroatoms. The summed E-state index contributed by atoms with van der Waals surface area (Å²) in [4.78, 5) is 26.7. The Labute approximate surface area is 211 Å². The third kappa shape index (κ3) is 5.99. The molecule has 2 fully saturated rings. The van der Waals surface area contributed by atoms with Crippen molar-refractivity contribution >= 4 is 23.4 Å². The molecule has 3 heterocycles. The highest BCUT2D eigenvalue weighted by Gasteiger charge is 2.44. The van der Waals surface area contributed by atoms with Gasteiger partial charge in [0, 0.05) is 32.4 Å². The highest BCUT2D eigenvalue weighted by Crippen LogP contribution is 2.43. The number of nitrogens with one attached hydrogen (secondary N) is 2. The Balaban J connectivity index is 1.31. The molecule has 36 heavy (non-hydrogen) atoms. The molecular formula is C25H39FN6O4. The van der Waals surface area contributed by atoms with E-state index < -0.39 is 23.9 Å². The number of carbonyl (C=O) groups is 2. The van der Waals surface area contributed by atoms with Gasteiger partial charge in [-0.1, -0.05) is 6.92 Å². The van der Waals surface area contributed by atoms with Gasteiger partial charge in [0.05, 0.1) is 30.5 Å². The number of carbonyl (C=O) groups excluding carboxylic acids is 2. The van der Waals surface area contributed by atoms with Crippen LogP contribution in [0.5, 0.6) is 0 Å². The Morgan fingerprint density at radius 1 is 1.33 bits per heavy atom. The van der Waals surface area contributed by atoms with Gasteiger partial charge in [-0.2, -0.15) is 10.2 Å². The number of halogens is 1. The number of alkyl halides is 1. The number of methoxy groups -OCH3 is 1. The molecule has 1 aromatic rings. The lowest BCUT2D eigenvalue weighted by atomic mass is 9.67. The summed E-state index contributed by atoms with van der Waals surface area (Å²) in [6.07, 6.45) is 5.59. The monoisotopic (exact) mass is 506 g/mol. The van der Waals surface area contributed by atoms with Gasteiger partial charge in [0.1, 0.15) is 17.5 Å². The molecule has 1 aliphatic carbocycles. The average Bonchev–Trinajstić information content (AvgIpc) is 3.43. The van der Waals surface area contributed by atoms with E-state index in [2.05, 4.69) is 27.9 Å². The van der Waals surface area contributed by atoms with Gasteiger partial charge in [-0.15, -0.1) is 0 Å². The lowest BCUT2D eigenvalue weighted by Gasteiger charge is -2.39. The van der Waals surface area contributed by atoms with Crippen molar-refractivity contribution in [3.8, 4) is 0 Å². The highest BCUT2D eigenvalue weighted by molar-refractivity contribution is 6.44. The molecule has 3 aliphatic rings. The number of piperidine rings is 1. The second kappa shape index (κ2) is 10.4. The number of hydrogen-bond donors (Lipinski definition) is 2. The molecule has 0 aromatic carbocycles. The first kappa shape index (κ1) is 26.4. The van der Waals surface area contributed by atoms with Crippen LogP contribution in [0.2, 0.25) is 0 Å². The molecule has 2 N–H and O–H groups in total. The van der Waals surface area contributed by atoms with E-state index in [1.165, 1.54) is 15.8 Å². The van der Waals surface area contributed by atoms with Crippen molar-refractivity contribution in [1.82, 2.24) is 20.1 Å². The third-order valence-corrected chi connectivity index (χ3v) is 7.46. The van der Waals surface area contributed by atoms with Gasteiger partial charge in [-0.3, -0.25) is 9.48 Å². The second-order valence-corrected chi connectivity index (χ2v) is 11.6. The molecular weight excluding hydrogens is 467 g/mol. The summed E-state index contributed by atoms with van der Waals surface area (Å²) in [5, 5.41) is 11.5. The van der Waals surface area contributed by atoms with Crippen LogP contribution in [0.15, 0.2) is 17.5 Å². The van der Waals surface area contributed by atoms with Crippen LogP contribution >= 0.6 is 0 Å². The van der Waals surface area contributed by atoms with Crippen LogP contribution in [-0.4, -0.2) is 77.0 Å². The second-order valence-electron chi connectivity index (χ2n) is 11.6. The van der Waals surface area contributed by atoms with Gasteiger partial charge < -0.3 is 25.1 Å². The molecule has 1 saturated carbocycles. The Hall–Kier alpha value is -2.69. The standard InChI is InChI=1S/C25H39FN6O4/c1-24(2,3)36-23(34)31-10-7-20(18(26)15-31)32-14-16(13-27-32)28-22(33)21-17-6-8-25(4,9-11-35-5)12-19(17)29-30-21/h13-14,17-20,29H,6-12,15H2,1-5H3,(H,28,33)/t17?,18-,19?,20-,25+/m0/s1. The lowest BCUT2D eigenvalue weighted by Crippen LogP contribution is -2.47. The zero-order chi connectivity index (χ0) is 26.1. The van der Waals surface area contributed by atoms with Crippen molar-refractivity contribution in [3.63, 3.8) is 0 Å². The quantitative estimate of drug-likeness (QED) is 0.611. The molecule has 1 aromatic heterocycles. The highest BCUT2D eigenvalue weighted by atomic mass is 19.1.